The summed E-state index contributed by atoms with van der Waals surface area (Å²) in [7, 11) is 1.72. The van der Waals surface area contributed by atoms with Gasteiger partial charge in [0.25, 0.3) is 0 Å². The van der Waals surface area contributed by atoms with Gasteiger partial charge in [-0.2, -0.15) is 0 Å². The molecule has 4 nitrogen and oxygen atoms in total. The number of nitrogens with zero attached hydrogens (tertiary/aromatic N) is 1. The molecule has 0 aliphatic rings. The first-order chi connectivity index (χ1) is 11.7. The van der Waals surface area contributed by atoms with Crippen LogP contribution in [0.15, 0.2) is 64.0 Å². The molecule has 0 aliphatic carbocycles. The van der Waals surface area contributed by atoms with Crippen LogP contribution in [-0.4, -0.2) is 19.6 Å². The number of fused-ring (bicyclic) bond motifs is 1. The molecule has 132 valence electrons. The topological polar surface area (TPSA) is 49.6 Å². The van der Waals surface area contributed by atoms with Gasteiger partial charge in [0, 0.05) is 31.9 Å². The molecule has 25 heavy (non-hydrogen) atoms. The number of aliphatic imine (C=N–C) groups is 1. The second-order valence-electron chi connectivity index (χ2n) is 5.48. The summed E-state index contributed by atoms with van der Waals surface area (Å²) in [6.07, 6.45) is 0.770. The van der Waals surface area contributed by atoms with E-state index in [0.717, 1.165) is 28.7 Å². The van der Waals surface area contributed by atoms with Crippen molar-refractivity contribution in [2.24, 2.45) is 4.99 Å². The van der Waals surface area contributed by atoms with Crippen molar-refractivity contribution in [1.82, 2.24) is 10.6 Å². The zero-order valence-corrected chi connectivity index (χ0v) is 16.3. The number of hydrogen-bond acceptors (Lipinski definition) is 2. The van der Waals surface area contributed by atoms with E-state index in [0.29, 0.717) is 19.0 Å². The zero-order chi connectivity index (χ0) is 16.8. The summed E-state index contributed by atoms with van der Waals surface area (Å²) in [5, 5.41) is 7.57. The summed E-state index contributed by atoms with van der Waals surface area (Å²) in [5.74, 6) is 1.42. The Morgan fingerprint density at radius 3 is 2.56 bits per heavy atom. The van der Waals surface area contributed by atoms with Gasteiger partial charge in [-0.1, -0.05) is 30.3 Å². The number of para-hydroxylation sites is 1. The standard InChI is InChI=1S/C19H20FN3O.HI/c1-21-19(23-13-14-6-8-16(20)9-7-14)22-11-10-17-12-15-4-2-3-5-18(15)24-17;/h2-9,12H,10-11,13H2,1H3,(H2,21,22,23);1H. The Labute approximate surface area is 163 Å². The lowest BCUT2D eigenvalue weighted by Crippen LogP contribution is -2.37. The molecule has 0 unspecified atom stereocenters. The molecule has 0 saturated heterocycles. The van der Waals surface area contributed by atoms with Crippen molar-refractivity contribution in [3.05, 3.63) is 71.7 Å². The second-order valence-corrected chi connectivity index (χ2v) is 5.48. The molecule has 2 aromatic carbocycles. The van der Waals surface area contributed by atoms with E-state index < -0.39 is 0 Å². The van der Waals surface area contributed by atoms with Crippen LogP contribution < -0.4 is 10.6 Å². The molecule has 1 heterocycles. The zero-order valence-electron chi connectivity index (χ0n) is 14.0. The Morgan fingerprint density at radius 1 is 1.08 bits per heavy atom. The van der Waals surface area contributed by atoms with Crippen molar-refractivity contribution in [3.8, 4) is 0 Å². The Balaban J connectivity index is 0.00000225. The Bertz CT molecular complexity index is 797. The molecule has 0 amide bonds. The highest BCUT2D eigenvalue weighted by Gasteiger charge is 2.04. The molecule has 0 saturated carbocycles. The fourth-order valence-corrected chi connectivity index (χ4v) is 2.47. The Hall–Kier alpha value is -2.09. The van der Waals surface area contributed by atoms with Crippen LogP contribution in [0.3, 0.4) is 0 Å². The highest BCUT2D eigenvalue weighted by molar-refractivity contribution is 14.0. The quantitative estimate of drug-likeness (QED) is 0.348. The van der Waals surface area contributed by atoms with Gasteiger partial charge in [-0.05, 0) is 29.8 Å². The van der Waals surface area contributed by atoms with E-state index in [9.17, 15) is 4.39 Å². The SMILES string of the molecule is CN=C(NCCc1cc2ccccc2o1)NCc1ccc(F)cc1.I. The molecular formula is C19H21FIN3O. The molecule has 2 N–H and O–H groups in total. The maximum Gasteiger partial charge on any atom is 0.191 e. The number of rotatable bonds is 5. The number of furan rings is 1. The van der Waals surface area contributed by atoms with Crippen molar-refractivity contribution >= 4 is 40.9 Å². The van der Waals surface area contributed by atoms with Crippen LogP contribution in [0, 0.1) is 5.82 Å². The minimum Gasteiger partial charge on any atom is -0.461 e. The van der Waals surface area contributed by atoms with Crippen molar-refractivity contribution in [2.45, 2.75) is 13.0 Å². The van der Waals surface area contributed by atoms with Gasteiger partial charge in [0.1, 0.15) is 17.2 Å². The van der Waals surface area contributed by atoms with Gasteiger partial charge in [-0.25, -0.2) is 4.39 Å². The van der Waals surface area contributed by atoms with E-state index in [4.69, 9.17) is 4.42 Å². The van der Waals surface area contributed by atoms with Crippen LogP contribution in [0.25, 0.3) is 11.0 Å². The summed E-state index contributed by atoms with van der Waals surface area (Å²) in [4.78, 5) is 4.18. The van der Waals surface area contributed by atoms with Crippen molar-refractivity contribution in [3.63, 3.8) is 0 Å². The number of nitrogens with one attached hydrogen (secondary N) is 2. The molecule has 6 heteroatoms. The van der Waals surface area contributed by atoms with Crippen LogP contribution >= 0.6 is 24.0 Å². The normalized spacial score (nSPS) is 11.2. The molecule has 3 aromatic rings. The maximum absolute atomic E-state index is 12.9. The first-order valence-electron chi connectivity index (χ1n) is 7.91. The molecular weight excluding hydrogens is 432 g/mol. The third-order valence-corrected chi connectivity index (χ3v) is 3.74. The van der Waals surface area contributed by atoms with Crippen LogP contribution in [-0.2, 0) is 13.0 Å². The third-order valence-electron chi connectivity index (χ3n) is 3.74. The minimum atomic E-state index is -0.230. The van der Waals surface area contributed by atoms with Gasteiger partial charge in [0.05, 0.1) is 0 Å². The predicted octanol–water partition coefficient (Wildman–Crippen LogP) is 4.10. The molecule has 3 rings (SSSR count). The van der Waals surface area contributed by atoms with E-state index in [1.807, 2.05) is 24.3 Å². The summed E-state index contributed by atoms with van der Waals surface area (Å²) >= 11 is 0. The number of benzene rings is 2. The van der Waals surface area contributed by atoms with Crippen LogP contribution in [0.1, 0.15) is 11.3 Å². The number of halogens is 2. The highest BCUT2D eigenvalue weighted by atomic mass is 127. The smallest absolute Gasteiger partial charge is 0.191 e. The largest absolute Gasteiger partial charge is 0.461 e. The van der Waals surface area contributed by atoms with Gasteiger partial charge in [-0.15, -0.1) is 24.0 Å². The van der Waals surface area contributed by atoms with Gasteiger partial charge < -0.3 is 15.1 Å². The van der Waals surface area contributed by atoms with Crippen LogP contribution in [0.2, 0.25) is 0 Å². The van der Waals surface area contributed by atoms with E-state index in [-0.39, 0.29) is 29.8 Å². The average molecular weight is 453 g/mol. The molecule has 0 radical (unpaired) electrons. The van der Waals surface area contributed by atoms with Crippen molar-refractivity contribution < 1.29 is 8.81 Å². The molecule has 0 fully saturated rings. The first kappa shape index (κ1) is 19.2. The van der Waals surface area contributed by atoms with Gasteiger partial charge in [0.2, 0.25) is 0 Å². The maximum atomic E-state index is 12.9. The minimum absolute atomic E-state index is 0. The lowest BCUT2D eigenvalue weighted by molar-refractivity contribution is 0.544. The lowest BCUT2D eigenvalue weighted by atomic mass is 10.2. The summed E-state index contributed by atoms with van der Waals surface area (Å²) in [6.45, 7) is 1.30. The van der Waals surface area contributed by atoms with E-state index in [1.165, 1.54) is 12.1 Å². The highest BCUT2D eigenvalue weighted by Crippen LogP contribution is 2.18. The predicted molar refractivity (Wildman–Crippen MR) is 110 cm³/mol. The molecule has 0 bridgehead atoms. The van der Waals surface area contributed by atoms with Crippen LogP contribution in [0.5, 0.6) is 0 Å². The van der Waals surface area contributed by atoms with E-state index >= 15 is 0 Å². The number of hydrogen-bond donors (Lipinski definition) is 2. The molecule has 0 spiro atoms. The summed E-state index contributed by atoms with van der Waals surface area (Å²) in [5.41, 5.74) is 1.91. The summed E-state index contributed by atoms with van der Waals surface area (Å²) in [6, 6.07) is 16.5. The van der Waals surface area contributed by atoms with E-state index in [1.54, 1.807) is 19.2 Å². The van der Waals surface area contributed by atoms with E-state index in [2.05, 4.69) is 21.7 Å². The Morgan fingerprint density at radius 2 is 1.84 bits per heavy atom. The molecule has 0 atom stereocenters. The molecule has 0 aliphatic heterocycles. The van der Waals surface area contributed by atoms with Crippen molar-refractivity contribution in [2.75, 3.05) is 13.6 Å². The summed E-state index contributed by atoms with van der Waals surface area (Å²) < 4.78 is 18.7. The average Bonchev–Trinajstić information content (AvgIpc) is 3.02. The third kappa shape index (κ3) is 5.45. The van der Waals surface area contributed by atoms with Gasteiger partial charge >= 0.3 is 0 Å². The fourth-order valence-electron chi connectivity index (χ4n) is 2.47. The molecule has 1 aromatic heterocycles. The van der Waals surface area contributed by atoms with Gasteiger partial charge in [0.15, 0.2) is 5.96 Å². The number of guanidine groups is 1. The van der Waals surface area contributed by atoms with Gasteiger partial charge in [-0.3, -0.25) is 4.99 Å². The monoisotopic (exact) mass is 453 g/mol. The fraction of sp³-hybridized carbons (Fsp3) is 0.211. The second kappa shape index (κ2) is 9.41. The van der Waals surface area contributed by atoms with Crippen molar-refractivity contribution in [1.29, 1.82) is 0 Å². The van der Waals surface area contributed by atoms with Crippen LogP contribution in [0.4, 0.5) is 4.39 Å². The lowest BCUT2D eigenvalue weighted by Gasteiger charge is -2.11. The first-order valence-corrected chi connectivity index (χ1v) is 7.91. The Kier molecular flexibility index (Phi) is 7.24.